The zero-order valence-corrected chi connectivity index (χ0v) is 10.3. The molecule has 1 aromatic heterocycles. The van der Waals surface area contributed by atoms with Gasteiger partial charge in [-0.15, -0.1) is 0 Å². The van der Waals surface area contributed by atoms with Gasteiger partial charge in [0.05, 0.1) is 9.85 Å². The van der Waals surface area contributed by atoms with Crippen LogP contribution in [0, 0.1) is 20.2 Å². The zero-order valence-electron chi connectivity index (χ0n) is 10.3. The molecule has 0 amide bonds. The monoisotopic (exact) mass is 286 g/mol. The third-order valence-corrected chi connectivity index (χ3v) is 2.96. The predicted molar refractivity (Wildman–Crippen MR) is 70.5 cm³/mol. The maximum atomic E-state index is 10.9. The topological polar surface area (TPSA) is 125 Å². The van der Waals surface area contributed by atoms with Crippen molar-refractivity contribution < 1.29 is 14.5 Å². The van der Waals surface area contributed by atoms with Crippen molar-refractivity contribution in [3.05, 3.63) is 56.6 Å². The first-order valence-electron chi connectivity index (χ1n) is 5.72. The lowest BCUT2D eigenvalue weighted by Crippen LogP contribution is -1.92. The molecule has 3 rings (SSSR count). The summed E-state index contributed by atoms with van der Waals surface area (Å²) < 4.78 is 4.56. The summed E-state index contributed by atoms with van der Waals surface area (Å²) in [4.78, 5) is 20.6. The molecule has 1 heterocycles. The van der Waals surface area contributed by atoms with Crippen molar-refractivity contribution in [2.24, 2.45) is 0 Å². The van der Waals surface area contributed by atoms with E-state index in [1.54, 1.807) is 6.07 Å². The van der Waals surface area contributed by atoms with Crippen LogP contribution in [0.1, 0.15) is 0 Å². The average Bonchev–Trinajstić information content (AvgIpc) is 2.95. The number of hydrogen-bond donors (Lipinski definition) is 0. The van der Waals surface area contributed by atoms with Crippen LogP contribution >= 0.6 is 0 Å². The van der Waals surface area contributed by atoms with Crippen molar-refractivity contribution >= 4 is 22.4 Å². The smallest absolute Gasteiger partial charge is 0.258 e. The third kappa shape index (κ3) is 2.06. The lowest BCUT2D eigenvalue weighted by Gasteiger charge is -2.02. The van der Waals surface area contributed by atoms with Crippen LogP contribution in [0.3, 0.4) is 0 Å². The number of nitrogens with zero attached hydrogens (tertiary/aromatic N) is 4. The molecule has 21 heavy (non-hydrogen) atoms. The third-order valence-electron chi connectivity index (χ3n) is 2.96. The van der Waals surface area contributed by atoms with E-state index >= 15 is 0 Å². The maximum absolute atomic E-state index is 10.9. The number of fused-ring (bicyclic) bond motifs is 1. The van der Waals surface area contributed by atoms with Crippen LogP contribution < -0.4 is 0 Å². The number of nitro benzene ring substituents is 2. The van der Waals surface area contributed by atoms with Gasteiger partial charge in [0.1, 0.15) is 5.52 Å². The zero-order chi connectivity index (χ0) is 15.0. The quantitative estimate of drug-likeness (QED) is 0.535. The maximum Gasteiger partial charge on any atom is 0.300 e. The van der Waals surface area contributed by atoms with E-state index in [1.165, 1.54) is 30.3 Å². The summed E-state index contributed by atoms with van der Waals surface area (Å²) >= 11 is 0. The van der Waals surface area contributed by atoms with Gasteiger partial charge in [-0.05, 0) is 21.9 Å². The molecular formula is C12H6N4O5. The van der Waals surface area contributed by atoms with Crippen LogP contribution in [-0.4, -0.2) is 20.2 Å². The molecule has 0 aliphatic carbocycles. The van der Waals surface area contributed by atoms with E-state index in [0.717, 1.165) is 0 Å². The van der Waals surface area contributed by atoms with Gasteiger partial charge in [-0.1, -0.05) is 12.1 Å². The summed E-state index contributed by atoms with van der Waals surface area (Å²) in [5, 5.41) is 28.9. The highest BCUT2D eigenvalue weighted by atomic mass is 16.6. The van der Waals surface area contributed by atoms with Crippen LogP contribution in [0.4, 0.5) is 11.4 Å². The molecule has 0 aliphatic rings. The Morgan fingerprint density at radius 1 is 0.952 bits per heavy atom. The fourth-order valence-electron chi connectivity index (χ4n) is 2.02. The summed E-state index contributed by atoms with van der Waals surface area (Å²) in [7, 11) is 0. The van der Waals surface area contributed by atoms with Crippen LogP contribution in [0.15, 0.2) is 41.0 Å². The molecule has 104 valence electrons. The van der Waals surface area contributed by atoms with E-state index < -0.39 is 9.85 Å². The van der Waals surface area contributed by atoms with Gasteiger partial charge in [-0.2, -0.15) is 0 Å². The fourth-order valence-corrected chi connectivity index (χ4v) is 2.02. The highest BCUT2D eigenvalue weighted by Gasteiger charge is 2.20. The summed E-state index contributed by atoms with van der Waals surface area (Å²) in [6.45, 7) is 0. The molecule has 2 aromatic carbocycles. The predicted octanol–water partition coefficient (Wildman–Crippen LogP) is 2.71. The molecule has 0 saturated heterocycles. The van der Waals surface area contributed by atoms with Gasteiger partial charge in [-0.3, -0.25) is 20.2 Å². The Balaban J connectivity index is 2.24. The van der Waals surface area contributed by atoms with Gasteiger partial charge >= 0.3 is 5.69 Å². The van der Waals surface area contributed by atoms with E-state index in [2.05, 4.69) is 14.9 Å². The molecule has 0 saturated carbocycles. The van der Waals surface area contributed by atoms with Gasteiger partial charge in [0.15, 0.2) is 0 Å². The molecule has 0 spiro atoms. The lowest BCUT2D eigenvalue weighted by molar-refractivity contribution is -0.384. The number of benzene rings is 2. The minimum Gasteiger partial charge on any atom is -0.258 e. The molecule has 0 N–H and O–H groups in total. The Morgan fingerprint density at radius 3 is 2.43 bits per heavy atom. The molecule has 0 bridgehead atoms. The molecular weight excluding hydrogens is 280 g/mol. The number of aromatic nitrogens is 2. The fraction of sp³-hybridized carbons (Fsp3) is 0. The van der Waals surface area contributed by atoms with Gasteiger partial charge in [-0.25, -0.2) is 4.63 Å². The molecule has 0 fully saturated rings. The molecule has 0 aliphatic heterocycles. The number of non-ortho nitro benzene ring substituents is 2. The summed E-state index contributed by atoms with van der Waals surface area (Å²) in [6, 6.07) is 8.60. The van der Waals surface area contributed by atoms with E-state index in [9.17, 15) is 20.2 Å². The van der Waals surface area contributed by atoms with Gasteiger partial charge in [0.25, 0.3) is 5.69 Å². The first-order valence-corrected chi connectivity index (χ1v) is 5.72. The molecule has 9 nitrogen and oxygen atoms in total. The van der Waals surface area contributed by atoms with Gasteiger partial charge in [0, 0.05) is 23.8 Å². The van der Waals surface area contributed by atoms with Crippen molar-refractivity contribution in [3.63, 3.8) is 0 Å². The van der Waals surface area contributed by atoms with Crippen LogP contribution in [0.5, 0.6) is 0 Å². The van der Waals surface area contributed by atoms with E-state index in [0.29, 0.717) is 11.1 Å². The Kier molecular flexibility index (Phi) is 2.79. The van der Waals surface area contributed by atoms with E-state index in [1.807, 2.05) is 0 Å². The molecule has 3 aromatic rings. The number of hydrogen-bond acceptors (Lipinski definition) is 7. The van der Waals surface area contributed by atoms with Crippen molar-refractivity contribution in [1.82, 2.24) is 10.3 Å². The van der Waals surface area contributed by atoms with Crippen LogP contribution in [-0.2, 0) is 0 Å². The molecule has 0 radical (unpaired) electrons. The SMILES string of the molecule is O=[N+]([O-])c1cccc(-c2ccc([N+](=O)[O-])c3nonc23)c1. The standard InChI is InChI=1S/C12H6N4O5/c17-15(18)8-3-1-2-7(6-8)9-4-5-10(16(19)20)12-11(9)13-21-14-12/h1-6H. The van der Waals surface area contributed by atoms with Crippen LogP contribution in [0.25, 0.3) is 22.2 Å². The minimum absolute atomic E-state index is 0.00371. The van der Waals surface area contributed by atoms with Crippen molar-refractivity contribution in [2.75, 3.05) is 0 Å². The summed E-state index contributed by atoms with van der Waals surface area (Å²) in [6.07, 6.45) is 0. The first kappa shape index (κ1) is 12.7. The van der Waals surface area contributed by atoms with Gasteiger partial charge in [0.2, 0.25) is 5.52 Å². The Hall–Kier alpha value is -3.36. The van der Waals surface area contributed by atoms with Crippen LogP contribution in [0.2, 0.25) is 0 Å². The van der Waals surface area contributed by atoms with E-state index in [4.69, 9.17) is 0 Å². The van der Waals surface area contributed by atoms with Crippen molar-refractivity contribution in [3.8, 4) is 11.1 Å². The Morgan fingerprint density at radius 2 is 1.71 bits per heavy atom. The minimum atomic E-state index is -0.593. The van der Waals surface area contributed by atoms with Crippen molar-refractivity contribution in [1.29, 1.82) is 0 Å². The molecule has 9 heteroatoms. The van der Waals surface area contributed by atoms with E-state index in [-0.39, 0.29) is 22.4 Å². The largest absolute Gasteiger partial charge is 0.300 e. The average molecular weight is 286 g/mol. The molecule has 0 atom stereocenters. The highest BCUT2D eigenvalue weighted by molar-refractivity contribution is 5.96. The Bertz CT molecular complexity index is 873. The number of rotatable bonds is 3. The lowest BCUT2D eigenvalue weighted by atomic mass is 10.0. The summed E-state index contributed by atoms with van der Waals surface area (Å²) in [5.41, 5.74) is 0.838. The highest BCUT2D eigenvalue weighted by Crippen LogP contribution is 2.33. The first-order chi connectivity index (χ1) is 10.1. The normalized spacial score (nSPS) is 10.7. The van der Waals surface area contributed by atoms with Crippen molar-refractivity contribution in [2.45, 2.75) is 0 Å². The second-order valence-electron chi connectivity index (χ2n) is 4.16. The number of nitro groups is 2. The Labute approximate surface area is 116 Å². The molecule has 0 unspecified atom stereocenters. The second kappa shape index (κ2) is 4.63. The summed E-state index contributed by atoms with van der Waals surface area (Å²) in [5.74, 6) is 0. The second-order valence-corrected chi connectivity index (χ2v) is 4.16. The van der Waals surface area contributed by atoms with Gasteiger partial charge < -0.3 is 0 Å².